The summed E-state index contributed by atoms with van der Waals surface area (Å²) in [6.45, 7) is 18.0. The van der Waals surface area contributed by atoms with Gasteiger partial charge in [0, 0.05) is 0 Å². The van der Waals surface area contributed by atoms with Gasteiger partial charge in [-0.1, -0.05) is 48.5 Å². The van der Waals surface area contributed by atoms with Crippen molar-refractivity contribution in [1.82, 2.24) is 14.7 Å². The van der Waals surface area contributed by atoms with E-state index in [0.717, 1.165) is 0 Å². The van der Waals surface area contributed by atoms with Crippen LogP contribution in [-0.4, -0.2) is 76.6 Å². The number of likely N-dealkylation sites (tertiary alicyclic amines) is 1. The summed E-state index contributed by atoms with van der Waals surface area (Å²) in [6.07, 6.45) is 2.67. The van der Waals surface area contributed by atoms with Gasteiger partial charge in [0.1, 0.15) is 0 Å². The zero-order chi connectivity index (χ0) is 18.3. The summed E-state index contributed by atoms with van der Waals surface area (Å²) in [5, 5.41) is 0. The molecular formula is C18H49N3. The van der Waals surface area contributed by atoms with Crippen molar-refractivity contribution in [2.75, 3.05) is 61.9 Å². The fourth-order valence-electron chi connectivity index (χ4n) is 0.922. The van der Waals surface area contributed by atoms with Gasteiger partial charge >= 0.3 is 0 Å². The second-order valence-electron chi connectivity index (χ2n) is 4.80. The third-order valence-electron chi connectivity index (χ3n) is 1.75. The molecule has 0 aromatic heterocycles. The molecule has 1 heterocycles. The molecule has 136 valence electrons. The minimum Gasteiger partial charge on any atom is -0.312 e. The quantitative estimate of drug-likeness (QED) is 0.742. The lowest BCUT2D eigenvalue weighted by Gasteiger charge is -2.24. The molecule has 0 aliphatic carbocycles. The minimum atomic E-state index is 1.21. The van der Waals surface area contributed by atoms with Gasteiger partial charge in [-0.05, 0) is 74.8 Å². The zero-order valence-electron chi connectivity index (χ0n) is 17.9. The maximum atomic E-state index is 2.31. The topological polar surface area (TPSA) is 9.72 Å². The third kappa shape index (κ3) is 80.6. The number of hydrogen-bond acceptors (Lipinski definition) is 3. The Bertz CT molecular complexity index is 108. The lowest BCUT2D eigenvalue weighted by molar-refractivity contribution is 0.229. The highest BCUT2D eigenvalue weighted by Crippen LogP contribution is 1.98. The summed E-state index contributed by atoms with van der Waals surface area (Å²) in [6, 6.07) is 0. The van der Waals surface area contributed by atoms with Crippen molar-refractivity contribution in [3.05, 3.63) is 0 Å². The van der Waals surface area contributed by atoms with Gasteiger partial charge in [-0.3, -0.25) is 0 Å². The van der Waals surface area contributed by atoms with E-state index in [1.54, 1.807) is 0 Å². The summed E-state index contributed by atoms with van der Waals surface area (Å²) in [4.78, 5) is 6.49. The predicted octanol–water partition coefficient (Wildman–Crippen LogP) is 4.54. The SMILES string of the molecule is CC.CC.CC.CCCN(C)C.CN(C)C.CN1CCC1. The van der Waals surface area contributed by atoms with Gasteiger partial charge in [-0.15, -0.1) is 0 Å². The molecule has 0 spiro atoms. The molecule has 1 saturated heterocycles. The molecule has 0 aromatic rings. The van der Waals surface area contributed by atoms with E-state index in [9.17, 15) is 0 Å². The Morgan fingerprint density at radius 2 is 1.00 bits per heavy atom. The fourth-order valence-corrected chi connectivity index (χ4v) is 0.922. The lowest BCUT2D eigenvalue weighted by atomic mass is 10.3. The van der Waals surface area contributed by atoms with Crippen LogP contribution in [-0.2, 0) is 0 Å². The molecule has 0 N–H and O–H groups in total. The summed E-state index contributed by atoms with van der Waals surface area (Å²) < 4.78 is 0. The first-order chi connectivity index (χ1) is 9.90. The summed E-state index contributed by atoms with van der Waals surface area (Å²) >= 11 is 0. The van der Waals surface area contributed by atoms with Gasteiger partial charge in [0.2, 0.25) is 0 Å². The third-order valence-corrected chi connectivity index (χ3v) is 1.75. The molecule has 1 fully saturated rings. The van der Waals surface area contributed by atoms with Crippen LogP contribution in [0.2, 0.25) is 0 Å². The van der Waals surface area contributed by atoms with Crippen LogP contribution in [0.1, 0.15) is 61.3 Å². The second kappa shape index (κ2) is 36.8. The van der Waals surface area contributed by atoms with E-state index in [1.165, 1.54) is 32.5 Å². The van der Waals surface area contributed by atoms with Crippen LogP contribution >= 0.6 is 0 Å². The van der Waals surface area contributed by atoms with Crippen molar-refractivity contribution in [2.45, 2.75) is 61.3 Å². The fraction of sp³-hybridized carbons (Fsp3) is 1.00. The van der Waals surface area contributed by atoms with E-state index in [1.807, 2.05) is 67.6 Å². The average Bonchev–Trinajstić information content (AvgIpc) is 2.43. The monoisotopic (exact) mass is 307 g/mol. The van der Waals surface area contributed by atoms with Crippen molar-refractivity contribution in [2.24, 2.45) is 0 Å². The summed E-state index contributed by atoms with van der Waals surface area (Å²) in [5.74, 6) is 0. The first-order valence-electron chi connectivity index (χ1n) is 8.84. The molecule has 0 radical (unpaired) electrons. The van der Waals surface area contributed by atoms with Crippen molar-refractivity contribution in [3.8, 4) is 0 Å². The van der Waals surface area contributed by atoms with Crippen molar-refractivity contribution in [1.29, 1.82) is 0 Å². The van der Waals surface area contributed by atoms with E-state index >= 15 is 0 Å². The van der Waals surface area contributed by atoms with E-state index in [0.29, 0.717) is 0 Å². The Labute approximate surface area is 138 Å². The number of nitrogens with zero attached hydrogens (tertiary/aromatic N) is 3. The Morgan fingerprint density at radius 3 is 1.00 bits per heavy atom. The zero-order valence-corrected chi connectivity index (χ0v) is 17.9. The maximum Gasteiger partial charge on any atom is -0.000959 e. The van der Waals surface area contributed by atoms with E-state index in [4.69, 9.17) is 0 Å². The molecular weight excluding hydrogens is 258 g/mol. The maximum absolute atomic E-state index is 2.31. The van der Waals surface area contributed by atoms with E-state index < -0.39 is 0 Å². The Hall–Kier alpha value is -0.120. The van der Waals surface area contributed by atoms with Crippen molar-refractivity contribution < 1.29 is 0 Å². The van der Waals surface area contributed by atoms with Crippen LogP contribution in [0.5, 0.6) is 0 Å². The van der Waals surface area contributed by atoms with Crippen LogP contribution in [0.15, 0.2) is 0 Å². The molecule has 0 saturated carbocycles. The molecule has 0 bridgehead atoms. The molecule has 1 aliphatic rings. The Balaban J connectivity index is -0.0000000523. The van der Waals surface area contributed by atoms with Crippen LogP contribution in [0.25, 0.3) is 0 Å². The Morgan fingerprint density at radius 1 is 0.762 bits per heavy atom. The van der Waals surface area contributed by atoms with Gasteiger partial charge in [-0.25, -0.2) is 0 Å². The number of rotatable bonds is 2. The minimum absolute atomic E-state index is 1.21. The van der Waals surface area contributed by atoms with Crippen molar-refractivity contribution in [3.63, 3.8) is 0 Å². The van der Waals surface area contributed by atoms with Crippen molar-refractivity contribution >= 4 is 0 Å². The van der Waals surface area contributed by atoms with Crippen LogP contribution in [0, 0.1) is 0 Å². The molecule has 0 unspecified atom stereocenters. The van der Waals surface area contributed by atoms with Gasteiger partial charge < -0.3 is 14.7 Å². The molecule has 21 heavy (non-hydrogen) atoms. The van der Waals surface area contributed by atoms with Crippen LogP contribution in [0.3, 0.4) is 0 Å². The highest BCUT2D eigenvalue weighted by Gasteiger charge is 2.04. The number of hydrogen-bond donors (Lipinski definition) is 0. The lowest BCUT2D eigenvalue weighted by Crippen LogP contribution is -2.32. The highest BCUT2D eigenvalue weighted by molar-refractivity contribution is 4.61. The summed E-state index contributed by atoms with van der Waals surface area (Å²) in [7, 11) is 12.3. The predicted molar refractivity (Wildman–Crippen MR) is 105 cm³/mol. The average molecular weight is 308 g/mol. The van der Waals surface area contributed by atoms with Crippen LogP contribution in [0.4, 0.5) is 0 Å². The molecule has 1 aliphatic heterocycles. The molecule has 1 rings (SSSR count). The largest absolute Gasteiger partial charge is 0.312 e. The molecule has 0 atom stereocenters. The normalized spacial score (nSPS) is 11.6. The van der Waals surface area contributed by atoms with Gasteiger partial charge in [0.15, 0.2) is 0 Å². The highest BCUT2D eigenvalue weighted by atomic mass is 15.1. The van der Waals surface area contributed by atoms with Crippen LogP contribution < -0.4 is 0 Å². The van der Waals surface area contributed by atoms with Gasteiger partial charge in [0.25, 0.3) is 0 Å². The molecule has 0 aromatic carbocycles. The van der Waals surface area contributed by atoms with E-state index in [-0.39, 0.29) is 0 Å². The Kier molecular flexibility index (Phi) is 57.3. The second-order valence-corrected chi connectivity index (χ2v) is 4.80. The molecule has 3 nitrogen and oxygen atoms in total. The molecule has 3 heteroatoms. The van der Waals surface area contributed by atoms with Gasteiger partial charge in [-0.2, -0.15) is 0 Å². The smallest absolute Gasteiger partial charge is 0.000959 e. The first kappa shape index (κ1) is 32.7. The van der Waals surface area contributed by atoms with Gasteiger partial charge in [0.05, 0.1) is 0 Å². The van der Waals surface area contributed by atoms with E-state index in [2.05, 4.69) is 37.9 Å². The molecule has 0 amide bonds. The summed E-state index contributed by atoms with van der Waals surface area (Å²) in [5.41, 5.74) is 0. The standard InChI is InChI=1S/C5H13N.C4H9N.C3H9N.3C2H6/c1-4-5-6(2)3;1-5-3-2-4-5;1-4(2)3;3*1-2/h4-5H2,1-3H3;2-4H2,1H3;1-3H3;3*1-2H3. The first-order valence-corrected chi connectivity index (χ1v) is 8.84.